The van der Waals surface area contributed by atoms with Gasteiger partial charge in [0.15, 0.2) is 0 Å². The lowest BCUT2D eigenvalue weighted by Gasteiger charge is -2.08. The molecule has 1 atom stereocenters. The average Bonchev–Trinajstić information content (AvgIpc) is 3.58. The van der Waals surface area contributed by atoms with Crippen molar-refractivity contribution in [3.8, 4) is 6.07 Å². The van der Waals surface area contributed by atoms with Crippen molar-refractivity contribution in [3.63, 3.8) is 0 Å². The summed E-state index contributed by atoms with van der Waals surface area (Å²) in [5, 5.41) is 22.9. The van der Waals surface area contributed by atoms with Crippen LogP contribution in [-0.2, 0) is 14.3 Å². The molecule has 1 aliphatic heterocycles. The highest BCUT2D eigenvalue weighted by molar-refractivity contribution is 6.02. The number of carbonyl (C=O) groups is 1. The number of anilines is 1. The van der Waals surface area contributed by atoms with Crippen LogP contribution in [0.25, 0.3) is 16.8 Å². The number of hydrogen-bond donors (Lipinski definition) is 2. The molecule has 3 rings (SSSR count). The molecule has 0 aliphatic carbocycles. The van der Waals surface area contributed by atoms with Crippen molar-refractivity contribution < 1.29 is 19.4 Å². The zero-order chi connectivity index (χ0) is 22.1. The molecule has 1 aliphatic rings. The monoisotopic (exact) mass is 423 g/mol. The van der Waals surface area contributed by atoms with Gasteiger partial charge < -0.3 is 24.8 Å². The molecule has 1 saturated heterocycles. The SMILES string of the molecule is CCC1CN1c1ccc2cc(/C=C(\C#N)C(=O)NCCOCCOCCO)ccc2c1. The van der Waals surface area contributed by atoms with Crippen molar-refractivity contribution >= 4 is 28.4 Å². The van der Waals surface area contributed by atoms with Crippen LogP contribution in [0.15, 0.2) is 42.0 Å². The second kappa shape index (κ2) is 11.5. The fourth-order valence-electron chi connectivity index (χ4n) is 3.40. The van der Waals surface area contributed by atoms with E-state index in [0.717, 1.165) is 29.3 Å². The minimum absolute atomic E-state index is 0.0183. The summed E-state index contributed by atoms with van der Waals surface area (Å²) in [6, 6.07) is 15.0. The first-order valence-corrected chi connectivity index (χ1v) is 10.6. The van der Waals surface area contributed by atoms with Crippen LogP contribution in [-0.4, -0.2) is 63.2 Å². The maximum absolute atomic E-state index is 12.3. The third-order valence-corrected chi connectivity index (χ3v) is 5.18. The maximum atomic E-state index is 12.3. The van der Waals surface area contributed by atoms with Gasteiger partial charge in [0.05, 0.1) is 33.0 Å². The van der Waals surface area contributed by atoms with Crippen LogP contribution in [0.2, 0.25) is 0 Å². The van der Waals surface area contributed by atoms with Crippen LogP contribution in [0, 0.1) is 11.3 Å². The highest BCUT2D eigenvalue weighted by Crippen LogP contribution is 2.32. The van der Waals surface area contributed by atoms with Gasteiger partial charge in [0.25, 0.3) is 5.91 Å². The quantitative estimate of drug-likeness (QED) is 0.236. The van der Waals surface area contributed by atoms with E-state index < -0.39 is 5.91 Å². The Morgan fingerprint density at radius 1 is 1.19 bits per heavy atom. The van der Waals surface area contributed by atoms with E-state index in [0.29, 0.717) is 32.4 Å². The van der Waals surface area contributed by atoms with Gasteiger partial charge in [-0.15, -0.1) is 0 Å². The van der Waals surface area contributed by atoms with Crippen LogP contribution >= 0.6 is 0 Å². The molecule has 0 aromatic heterocycles. The molecule has 2 aromatic rings. The average molecular weight is 424 g/mol. The number of aliphatic hydroxyl groups is 1. The number of aliphatic hydroxyl groups excluding tert-OH is 1. The van der Waals surface area contributed by atoms with Crippen molar-refractivity contribution in [2.75, 3.05) is 51.0 Å². The van der Waals surface area contributed by atoms with E-state index >= 15 is 0 Å². The molecule has 7 nitrogen and oxygen atoms in total. The van der Waals surface area contributed by atoms with E-state index in [1.807, 2.05) is 24.3 Å². The molecule has 1 fully saturated rings. The highest BCUT2D eigenvalue weighted by Gasteiger charge is 2.31. The van der Waals surface area contributed by atoms with Crippen molar-refractivity contribution in [1.29, 1.82) is 5.26 Å². The molecule has 31 heavy (non-hydrogen) atoms. The van der Waals surface area contributed by atoms with Crippen molar-refractivity contribution in [1.82, 2.24) is 5.32 Å². The topological polar surface area (TPSA) is 94.6 Å². The molecule has 0 radical (unpaired) electrons. The molecule has 7 heteroatoms. The number of carbonyl (C=O) groups excluding carboxylic acids is 1. The minimum Gasteiger partial charge on any atom is -0.394 e. The Balaban J connectivity index is 1.54. The molecule has 2 N–H and O–H groups in total. The number of nitriles is 1. The number of nitrogens with one attached hydrogen (secondary N) is 1. The van der Waals surface area contributed by atoms with E-state index in [-0.39, 0.29) is 18.8 Å². The third kappa shape index (κ3) is 6.53. The molecule has 164 valence electrons. The minimum atomic E-state index is -0.426. The first-order valence-electron chi connectivity index (χ1n) is 10.6. The van der Waals surface area contributed by atoms with E-state index in [1.54, 1.807) is 6.08 Å². The van der Waals surface area contributed by atoms with Gasteiger partial charge in [0.2, 0.25) is 0 Å². The largest absolute Gasteiger partial charge is 0.394 e. The number of benzene rings is 2. The number of ether oxygens (including phenoxy) is 2. The number of hydrogen-bond acceptors (Lipinski definition) is 6. The van der Waals surface area contributed by atoms with Crippen molar-refractivity contribution in [2.24, 2.45) is 0 Å². The molecule has 2 aromatic carbocycles. The van der Waals surface area contributed by atoms with Crippen LogP contribution in [0.3, 0.4) is 0 Å². The summed E-state index contributed by atoms with van der Waals surface area (Å²) in [6.07, 6.45) is 2.76. The summed E-state index contributed by atoms with van der Waals surface area (Å²) >= 11 is 0. The molecule has 0 bridgehead atoms. The predicted octanol–water partition coefficient (Wildman–Crippen LogP) is 2.49. The van der Waals surface area contributed by atoms with Gasteiger partial charge in [-0.2, -0.15) is 5.26 Å². The molecule has 1 unspecified atom stereocenters. The molecule has 1 heterocycles. The molecule has 0 saturated carbocycles. The summed E-state index contributed by atoms with van der Waals surface area (Å²) in [5.74, 6) is -0.426. The zero-order valence-corrected chi connectivity index (χ0v) is 17.8. The third-order valence-electron chi connectivity index (χ3n) is 5.18. The van der Waals surface area contributed by atoms with Crippen LogP contribution in [0.1, 0.15) is 18.9 Å². The normalized spacial score (nSPS) is 15.7. The van der Waals surface area contributed by atoms with Crippen LogP contribution in [0.5, 0.6) is 0 Å². The van der Waals surface area contributed by atoms with Gasteiger partial charge in [-0.05, 0) is 47.0 Å². The Morgan fingerprint density at radius 3 is 2.65 bits per heavy atom. The summed E-state index contributed by atoms with van der Waals surface area (Å²) in [7, 11) is 0. The second-order valence-electron chi connectivity index (χ2n) is 7.38. The van der Waals surface area contributed by atoms with Gasteiger partial charge in [0, 0.05) is 24.8 Å². The summed E-state index contributed by atoms with van der Waals surface area (Å²) in [5.41, 5.74) is 2.10. The smallest absolute Gasteiger partial charge is 0.262 e. The van der Waals surface area contributed by atoms with E-state index in [4.69, 9.17) is 14.6 Å². The second-order valence-corrected chi connectivity index (χ2v) is 7.38. The fraction of sp³-hybridized carbons (Fsp3) is 0.417. The lowest BCUT2D eigenvalue weighted by molar-refractivity contribution is -0.117. The zero-order valence-electron chi connectivity index (χ0n) is 17.8. The molecule has 1 amide bonds. The summed E-state index contributed by atoms with van der Waals surface area (Å²) < 4.78 is 10.4. The highest BCUT2D eigenvalue weighted by atomic mass is 16.5. The van der Waals surface area contributed by atoms with Crippen LogP contribution < -0.4 is 10.2 Å². The Morgan fingerprint density at radius 2 is 1.94 bits per heavy atom. The van der Waals surface area contributed by atoms with Crippen molar-refractivity contribution in [2.45, 2.75) is 19.4 Å². The van der Waals surface area contributed by atoms with E-state index in [9.17, 15) is 10.1 Å². The number of rotatable bonds is 12. The van der Waals surface area contributed by atoms with E-state index in [2.05, 4.69) is 35.3 Å². The van der Waals surface area contributed by atoms with Gasteiger partial charge in [0.1, 0.15) is 11.6 Å². The number of amides is 1. The lowest BCUT2D eigenvalue weighted by atomic mass is 10.0. The van der Waals surface area contributed by atoms with Gasteiger partial charge >= 0.3 is 0 Å². The standard InChI is InChI=1S/C24H29N3O4/c1-2-22-17-27(22)23-6-5-19-13-18(3-4-20(19)15-23)14-21(16-25)24(29)26-7-9-30-11-12-31-10-8-28/h3-6,13-15,22,28H,2,7-12,17H2,1H3,(H,26,29)/b21-14+. The maximum Gasteiger partial charge on any atom is 0.262 e. The van der Waals surface area contributed by atoms with Crippen molar-refractivity contribution in [3.05, 3.63) is 47.5 Å². The molecule has 0 spiro atoms. The van der Waals surface area contributed by atoms with E-state index in [1.165, 1.54) is 5.69 Å². The Hall–Kier alpha value is -2.92. The lowest BCUT2D eigenvalue weighted by Crippen LogP contribution is -2.28. The van der Waals surface area contributed by atoms with Gasteiger partial charge in [-0.3, -0.25) is 4.79 Å². The Labute approximate surface area is 182 Å². The molecular weight excluding hydrogens is 394 g/mol. The molecular formula is C24H29N3O4. The van der Waals surface area contributed by atoms with Gasteiger partial charge in [-0.1, -0.05) is 25.1 Å². The summed E-state index contributed by atoms with van der Waals surface area (Å²) in [6.45, 7) is 4.97. The first-order chi connectivity index (χ1) is 15.2. The number of fused-ring (bicyclic) bond motifs is 1. The van der Waals surface area contributed by atoms with Crippen LogP contribution in [0.4, 0.5) is 5.69 Å². The number of nitrogens with zero attached hydrogens (tertiary/aromatic N) is 2. The fourth-order valence-corrected chi connectivity index (χ4v) is 3.40. The first kappa shape index (κ1) is 22.8. The summed E-state index contributed by atoms with van der Waals surface area (Å²) in [4.78, 5) is 14.7. The van der Waals surface area contributed by atoms with Gasteiger partial charge in [-0.25, -0.2) is 0 Å². The Kier molecular flexibility index (Phi) is 8.42. The Bertz CT molecular complexity index is 967. The predicted molar refractivity (Wildman–Crippen MR) is 121 cm³/mol.